The second-order valence-electron chi connectivity index (χ2n) is 5.63. The van der Waals surface area contributed by atoms with Crippen LogP contribution in [0.1, 0.15) is 35.2 Å². The third kappa shape index (κ3) is 4.32. The topological polar surface area (TPSA) is 66.6 Å². The normalized spacial score (nSPS) is 17.2. The maximum atomic E-state index is 10.8. The molecule has 1 aromatic carbocycles. The number of aromatic carboxylic acids is 1. The smallest absolute Gasteiger partial charge is 0.335 e. The lowest BCUT2D eigenvalue weighted by molar-refractivity contribution is 0.0697. The van der Waals surface area contributed by atoms with Crippen molar-refractivity contribution in [3.05, 3.63) is 35.4 Å². The van der Waals surface area contributed by atoms with E-state index in [4.69, 9.17) is 10.8 Å². The molecule has 1 heterocycles. The van der Waals surface area contributed by atoms with Crippen LogP contribution in [0.2, 0.25) is 0 Å². The summed E-state index contributed by atoms with van der Waals surface area (Å²) >= 11 is 0. The lowest BCUT2D eigenvalue weighted by Gasteiger charge is -2.31. The van der Waals surface area contributed by atoms with Gasteiger partial charge in [-0.3, -0.25) is 0 Å². The van der Waals surface area contributed by atoms with Crippen molar-refractivity contribution in [2.75, 3.05) is 26.2 Å². The van der Waals surface area contributed by atoms with Crippen LogP contribution in [0.5, 0.6) is 0 Å². The molecular weight excluding hydrogens is 252 g/mol. The molecule has 0 spiro atoms. The van der Waals surface area contributed by atoms with Crippen molar-refractivity contribution >= 4 is 5.97 Å². The third-order valence-electron chi connectivity index (χ3n) is 4.18. The third-order valence-corrected chi connectivity index (χ3v) is 4.18. The van der Waals surface area contributed by atoms with Gasteiger partial charge in [-0.25, -0.2) is 4.79 Å². The number of carboxylic acid groups (broad SMARTS) is 1. The summed E-state index contributed by atoms with van der Waals surface area (Å²) in [7, 11) is 0. The van der Waals surface area contributed by atoms with E-state index in [9.17, 15) is 4.79 Å². The van der Waals surface area contributed by atoms with Gasteiger partial charge in [0.2, 0.25) is 0 Å². The van der Waals surface area contributed by atoms with Crippen LogP contribution < -0.4 is 5.73 Å². The summed E-state index contributed by atoms with van der Waals surface area (Å²) in [5.74, 6) is -0.144. The van der Waals surface area contributed by atoms with Gasteiger partial charge in [0.15, 0.2) is 0 Å². The SMILES string of the molecule is NCC1CCN(CCCc2ccc(C(=O)O)cc2)CC1. The van der Waals surface area contributed by atoms with Crippen LogP contribution in [0.4, 0.5) is 0 Å². The molecule has 3 N–H and O–H groups in total. The summed E-state index contributed by atoms with van der Waals surface area (Å²) in [5, 5.41) is 8.85. The van der Waals surface area contributed by atoms with Crippen molar-refractivity contribution in [3.8, 4) is 0 Å². The van der Waals surface area contributed by atoms with Crippen molar-refractivity contribution < 1.29 is 9.90 Å². The van der Waals surface area contributed by atoms with Gasteiger partial charge in [0, 0.05) is 0 Å². The molecule has 0 aliphatic carbocycles. The molecule has 1 aliphatic rings. The summed E-state index contributed by atoms with van der Waals surface area (Å²) in [6.45, 7) is 4.28. The fourth-order valence-corrected chi connectivity index (χ4v) is 2.77. The molecule has 1 saturated heterocycles. The lowest BCUT2D eigenvalue weighted by Crippen LogP contribution is -2.36. The van der Waals surface area contributed by atoms with Crippen LogP contribution in [0.25, 0.3) is 0 Å². The molecule has 0 saturated carbocycles. The van der Waals surface area contributed by atoms with Crippen LogP contribution in [-0.2, 0) is 6.42 Å². The Balaban J connectivity index is 1.69. The average molecular weight is 276 g/mol. The highest BCUT2D eigenvalue weighted by molar-refractivity contribution is 5.87. The Labute approximate surface area is 120 Å². The molecule has 0 unspecified atom stereocenters. The van der Waals surface area contributed by atoms with E-state index < -0.39 is 5.97 Å². The standard InChI is InChI=1S/C16H24N2O2/c17-12-14-7-10-18(11-8-14)9-1-2-13-3-5-15(6-4-13)16(19)20/h3-6,14H,1-2,7-12,17H2,(H,19,20). The fourth-order valence-electron chi connectivity index (χ4n) is 2.77. The molecule has 2 rings (SSSR count). The van der Waals surface area contributed by atoms with E-state index in [1.165, 1.54) is 31.5 Å². The molecule has 1 fully saturated rings. The first-order chi connectivity index (χ1) is 9.69. The molecule has 4 heteroatoms. The van der Waals surface area contributed by atoms with Crippen LogP contribution in [0.3, 0.4) is 0 Å². The number of aryl methyl sites for hydroxylation is 1. The van der Waals surface area contributed by atoms with E-state index in [1.807, 2.05) is 12.1 Å². The molecule has 20 heavy (non-hydrogen) atoms. The van der Waals surface area contributed by atoms with E-state index in [0.29, 0.717) is 5.56 Å². The molecule has 1 aromatic rings. The summed E-state index contributed by atoms with van der Waals surface area (Å²) in [5.41, 5.74) is 7.27. The Morgan fingerprint density at radius 1 is 1.25 bits per heavy atom. The van der Waals surface area contributed by atoms with Gasteiger partial charge >= 0.3 is 5.97 Å². The Bertz CT molecular complexity index is 423. The van der Waals surface area contributed by atoms with Gasteiger partial charge in [0.1, 0.15) is 0 Å². The highest BCUT2D eigenvalue weighted by atomic mass is 16.4. The Morgan fingerprint density at radius 3 is 2.45 bits per heavy atom. The second-order valence-corrected chi connectivity index (χ2v) is 5.63. The number of likely N-dealkylation sites (tertiary alicyclic amines) is 1. The summed E-state index contributed by atoms with van der Waals surface area (Å²) < 4.78 is 0. The van der Waals surface area contributed by atoms with Crippen molar-refractivity contribution in [2.45, 2.75) is 25.7 Å². The number of benzene rings is 1. The van der Waals surface area contributed by atoms with Gasteiger partial charge in [0.25, 0.3) is 0 Å². The van der Waals surface area contributed by atoms with Gasteiger partial charge < -0.3 is 15.7 Å². The lowest BCUT2D eigenvalue weighted by atomic mass is 9.97. The summed E-state index contributed by atoms with van der Waals surface area (Å²) in [6.07, 6.45) is 4.59. The Morgan fingerprint density at radius 2 is 1.90 bits per heavy atom. The van der Waals surface area contributed by atoms with Crippen molar-refractivity contribution in [2.24, 2.45) is 11.7 Å². The van der Waals surface area contributed by atoms with E-state index in [1.54, 1.807) is 12.1 Å². The summed E-state index contributed by atoms with van der Waals surface area (Å²) in [4.78, 5) is 13.3. The minimum Gasteiger partial charge on any atom is -0.478 e. The van der Waals surface area contributed by atoms with Gasteiger partial charge in [-0.05, 0) is 75.5 Å². The monoisotopic (exact) mass is 276 g/mol. The van der Waals surface area contributed by atoms with Crippen molar-refractivity contribution in [3.63, 3.8) is 0 Å². The maximum absolute atomic E-state index is 10.8. The number of nitrogens with zero attached hydrogens (tertiary/aromatic N) is 1. The Kier molecular flexibility index (Phi) is 5.56. The van der Waals surface area contributed by atoms with E-state index in [0.717, 1.165) is 31.8 Å². The largest absolute Gasteiger partial charge is 0.478 e. The highest BCUT2D eigenvalue weighted by Gasteiger charge is 2.17. The van der Waals surface area contributed by atoms with Crippen LogP contribution in [0.15, 0.2) is 24.3 Å². The molecule has 0 aromatic heterocycles. The molecule has 0 atom stereocenters. The quantitative estimate of drug-likeness (QED) is 0.834. The number of hydrogen-bond donors (Lipinski definition) is 2. The number of carboxylic acids is 1. The molecule has 0 radical (unpaired) electrons. The van der Waals surface area contributed by atoms with Crippen LogP contribution in [0, 0.1) is 5.92 Å². The predicted molar refractivity (Wildman–Crippen MR) is 79.9 cm³/mol. The van der Waals surface area contributed by atoms with Crippen molar-refractivity contribution in [1.82, 2.24) is 4.90 Å². The molecule has 4 nitrogen and oxygen atoms in total. The first-order valence-electron chi connectivity index (χ1n) is 7.43. The molecular formula is C16H24N2O2. The first kappa shape index (κ1) is 15.0. The minimum absolute atomic E-state index is 0.359. The Hall–Kier alpha value is -1.39. The molecule has 110 valence electrons. The number of carbonyl (C=O) groups is 1. The molecule has 0 amide bonds. The molecule has 1 aliphatic heterocycles. The molecule has 0 bridgehead atoms. The fraction of sp³-hybridized carbons (Fsp3) is 0.562. The number of nitrogens with two attached hydrogens (primary N) is 1. The van der Waals surface area contributed by atoms with Crippen LogP contribution in [-0.4, -0.2) is 42.2 Å². The maximum Gasteiger partial charge on any atom is 0.335 e. The van der Waals surface area contributed by atoms with E-state index in [-0.39, 0.29) is 0 Å². The minimum atomic E-state index is -0.862. The average Bonchev–Trinajstić information content (AvgIpc) is 2.48. The number of piperidine rings is 1. The zero-order chi connectivity index (χ0) is 14.4. The number of rotatable bonds is 6. The number of hydrogen-bond acceptors (Lipinski definition) is 3. The zero-order valence-electron chi connectivity index (χ0n) is 11.9. The second kappa shape index (κ2) is 7.41. The van der Waals surface area contributed by atoms with Crippen LogP contribution >= 0.6 is 0 Å². The zero-order valence-corrected chi connectivity index (χ0v) is 11.9. The van der Waals surface area contributed by atoms with Gasteiger partial charge in [-0.2, -0.15) is 0 Å². The van der Waals surface area contributed by atoms with Crippen molar-refractivity contribution in [1.29, 1.82) is 0 Å². The highest BCUT2D eigenvalue weighted by Crippen LogP contribution is 2.16. The van der Waals surface area contributed by atoms with Gasteiger partial charge in [0.05, 0.1) is 5.56 Å². The van der Waals surface area contributed by atoms with Gasteiger partial charge in [-0.1, -0.05) is 12.1 Å². The van der Waals surface area contributed by atoms with Gasteiger partial charge in [-0.15, -0.1) is 0 Å². The van der Waals surface area contributed by atoms with E-state index in [2.05, 4.69) is 4.90 Å². The predicted octanol–water partition coefficient (Wildman–Crippen LogP) is 1.99. The first-order valence-corrected chi connectivity index (χ1v) is 7.43. The van der Waals surface area contributed by atoms with E-state index >= 15 is 0 Å². The summed E-state index contributed by atoms with van der Waals surface area (Å²) in [6, 6.07) is 7.21.